The average Bonchev–Trinajstić information content (AvgIpc) is 2.27. The molecule has 0 aromatic heterocycles. The Balaban J connectivity index is 3.13. The molecule has 0 aliphatic carbocycles. The first kappa shape index (κ1) is 15.8. The second kappa shape index (κ2) is 5.77. The normalized spacial score (nSPS) is 12.2. The van der Waals surface area contributed by atoms with Gasteiger partial charge in [0.1, 0.15) is 0 Å². The predicted molar refractivity (Wildman–Crippen MR) is 61.9 cm³/mol. The van der Waals surface area contributed by atoms with Crippen LogP contribution in [0.4, 0.5) is 13.2 Å². The van der Waals surface area contributed by atoms with E-state index in [1.165, 1.54) is 0 Å². The second-order valence-electron chi connectivity index (χ2n) is 3.45. The third kappa shape index (κ3) is 4.09. The average molecular weight is 313 g/mol. The monoisotopic (exact) mass is 312 g/mol. The molecule has 0 saturated carbocycles. The lowest BCUT2D eigenvalue weighted by Gasteiger charge is -2.11. The number of halogens is 4. The quantitative estimate of drug-likeness (QED) is 0.869. The zero-order valence-electron chi connectivity index (χ0n) is 9.33. The van der Waals surface area contributed by atoms with E-state index in [-0.39, 0.29) is 13.0 Å². The lowest BCUT2D eigenvalue weighted by Crippen LogP contribution is -2.25. The van der Waals surface area contributed by atoms with Crippen molar-refractivity contribution in [1.82, 2.24) is 4.72 Å². The summed E-state index contributed by atoms with van der Waals surface area (Å²) < 4.78 is 63.1. The molecule has 104 valence electrons. The molecule has 0 heterocycles. The van der Waals surface area contributed by atoms with Crippen molar-refractivity contribution in [3.63, 3.8) is 0 Å². The van der Waals surface area contributed by atoms with Gasteiger partial charge in [0.25, 0.3) is 0 Å². The molecule has 0 aliphatic heterocycles. The summed E-state index contributed by atoms with van der Waals surface area (Å²) in [5, 5.41) is 7.69. The number of hydrogen-bond donors (Lipinski definition) is 1. The largest absolute Gasteiger partial charge is 0.417 e. The van der Waals surface area contributed by atoms with Crippen LogP contribution in [0.25, 0.3) is 0 Å². The van der Waals surface area contributed by atoms with Crippen molar-refractivity contribution in [3.8, 4) is 6.07 Å². The van der Waals surface area contributed by atoms with Gasteiger partial charge in [-0.1, -0.05) is 11.6 Å². The highest BCUT2D eigenvalue weighted by Gasteiger charge is 2.34. The van der Waals surface area contributed by atoms with Gasteiger partial charge in [-0.3, -0.25) is 0 Å². The topological polar surface area (TPSA) is 70.0 Å². The first-order chi connectivity index (χ1) is 8.68. The minimum Gasteiger partial charge on any atom is -0.210 e. The highest BCUT2D eigenvalue weighted by atomic mass is 35.5. The summed E-state index contributed by atoms with van der Waals surface area (Å²) >= 11 is 5.38. The van der Waals surface area contributed by atoms with E-state index in [1.54, 1.807) is 6.07 Å². The van der Waals surface area contributed by atoms with E-state index in [9.17, 15) is 21.6 Å². The van der Waals surface area contributed by atoms with Gasteiger partial charge in [0, 0.05) is 13.0 Å². The summed E-state index contributed by atoms with van der Waals surface area (Å²) in [7, 11) is -4.09. The molecule has 0 saturated heterocycles. The van der Waals surface area contributed by atoms with Crippen LogP contribution in [0.3, 0.4) is 0 Å². The van der Waals surface area contributed by atoms with Gasteiger partial charge in [-0.15, -0.1) is 0 Å². The lowest BCUT2D eigenvalue weighted by molar-refractivity contribution is -0.137. The molecular weight excluding hydrogens is 305 g/mol. The molecule has 0 amide bonds. The van der Waals surface area contributed by atoms with E-state index < -0.39 is 31.7 Å². The maximum absolute atomic E-state index is 12.6. The molecule has 0 atom stereocenters. The van der Waals surface area contributed by atoms with Crippen LogP contribution in [-0.4, -0.2) is 15.0 Å². The fourth-order valence-corrected chi connectivity index (χ4v) is 2.50. The van der Waals surface area contributed by atoms with Crippen LogP contribution in [0, 0.1) is 11.3 Å². The Morgan fingerprint density at radius 3 is 2.53 bits per heavy atom. The molecule has 0 bridgehead atoms. The van der Waals surface area contributed by atoms with Crippen LogP contribution < -0.4 is 4.72 Å². The molecular formula is C10H8ClF3N2O2S. The number of hydrogen-bond acceptors (Lipinski definition) is 3. The van der Waals surface area contributed by atoms with Gasteiger partial charge in [0.05, 0.1) is 21.6 Å². The number of rotatable bonds is 4. The number of nitrogens with zero attached hydrogens (tertiary/aromatic N) is 1. The van der Waals surface area contributed by atoms with Gasteiger partial charge in [-0.25, -0.2) is 13.1 Å². The third-order valence-corrected chi connectivity index (χ3v) is 3.87. The van der Waals surface area contributed by atoms with Gasteiger partial charge >= 0.3 is 6.18 Å². The Morgan fingerprint density at radius 2 is 2.00 bits per heavy atom. The molecule has 0 aliphatic rings. The van der Waals surface area contributed by atoms with E-state index in [2.05, 4.69) is 0 Å². The van der Waals surface area contributed by atoms with Crippen molar-refractivity contribution in [3.05, 3.63) is 28.8 Å². The molecule has 19 heavy (non-hydrogen) atoms. The smallest absolute Gasteiger partial charge is 0.210 e. The van der Waals surface area contributed by atoms with Crippen LogP contribution >= 0.6 is 11.6 Å². The van der Waals surface area contributed by atoms with Crippen molar-refractivity contribution < 1.29 is 21.6 Å². The van der Waals surface area contributed by atoms with Gasteiger partial charge < -0.3 is 0 Å². The minimum absolute atomic E-state index is 0.0844. The Morgan fingerprint density at radius 1 is 1.37 bits per heavy atom. The van der Waals surface area contributed by atoms with Gasteiger partial charge in [-0.2, -0.15) is 18.4 Å². The summed E-state index contributed by atoms with van der Waals surface area (Å²) in [6.45, 7) is -0.178. The highest BCUT2D eigenvalue weighted by Crippen LogP contribution is 2.35. The van der Waals surface area contributed by atoms with Crippen LogP contribution in [0.1, 0.15) is 12.0 Å². The molecule has 1 rings (SSSR count). The fraction of sp³-hybridized carbons (Fsp3) is 0.300. The van der Waals surface area contributed by atoms with Crippen LogP contribution in [0.2, 0.25) is 5.02 Å². The maximum Gasteiger partial charge on any atom is 0.417 e. The molecule has 0 spiro atoms. The van der Waals surface area contributed by atoms with Crippen molar-refractivity contribution in [2.45, 2.75) is 17.5 Å². The first-order valence-electron chi connectivity index (χ1n) is 4.92. The number of benzene rings is 1. The summed E-state index contributed by atoms with van der Waals surface area (Å²) in [6.07, 6.45) is -4.83. The Hall–Kier alpha value is -1.30. The van der Waals surface area contributed by atoms with Crippen molar-refractivity contribution in [2.75, 3.05) is 6.54 Å². The van der Waals surface area contributed by atoms with Crippen LogP contribution in [-0.2, 0) is 16.2 Å². The standard InChI is InChI=1S/C10H8ClF3N2O2S/c11-9-3-2-7(6-8(9)10(12,13)14)19(17,18)16-5-1-4-15/h2-3,6,16H,1,5H2. The zero-order chi connectivity index (χ0) is 14.7. The fourth-order valence-electron chi connectivity index (χ4n) is 1.21. The molecule has 0 unspecified atom stereocenters. The molecule has 0 radical (unpaired) electrons. The molecule has 1 aromatic carbocycles. The van der Waals surface area contributed by atoms with Crippen molar-refractivity contribution in [1.29, 1.82) is 5.26 Å². The van der Waals surface area contributed by atoms with Gasteiger partial charge in [-0.05, 0) is 18.2 Å². The number of nitriles is 1. The number of sulfonamides is 1. The third-order valence-electron chi connectivity index (χ3n) is 2.08. The Labute approximate surface area is 112 Å². The Kier molecular flexibility index (Phi) is 4.79. The first-order valence-corrected chi connectivity index (χ1v) is 6.78. The van der Waals surface area contributed by atoms with E-state index in [1.807, 2.05) is 4.72 Å². The van der Waals surface area contributed by atoms with Gasteiger partial charge in [0.2, 0.25) is 10.0 Å². The zero-order valence-corrected chi connectivity index (χ0v) is 10.9. The van der Waals surface area contributed by atoms with Crippen LogP contribution in [0.5, 0.6) is 0 Å². The molecule has 4 nitrogen and oxygen atoms in total. The highest BCUT2D eigenvalue weighted by molar-refractivity contribution is 7.89. The van der Waals surface area contributed by atoms with Gasteiger partial charge in [0.15, 0.2) is 0 Å². The SMILES string of the molecule is N#CCCNS(=O)(=O)c1ccc(Cl)c(C(F)(F)F)c1. The Bertz CT molecular complexity index is 608. The summed E-state index contributed by atoms with van der Waals surface area (Å²) in [4.78, 5) is -0.554. The lowest BCUT2D eigenvalue weighted by atomic mass is 10.2. The van der Waals surface area contributed by atoms with Crippen molar-refractivity contribution in [2.24, 2.45) is 0 Å². The van der Waals surface area contributed by atoms with Crippen molar-refractivity contribution >= 4 is 21.6 Å². The molecule has 9 heteroatoms. The predicted octanol–water partition coefficient (Wildman–Crippen LogP) is 2.55. The summed E-state index contributed by atoms with van der Waals surface area (Å²) in [6, 6.07) is 3.99. The summed E-state index contributed by atoms with van der Waals surface area (Å²) in [5.74, 6) is 0. The minimum atomic E-state index is -4.74. The number of alkyl halides is 3. The van der Waals surface area contributed by atoms with E-state index in [0.717, 1.165) is 12.1 Å². The van der Waals surface area contributed by atoms with E-state index in [0.29, 0.717) is 6.07 Å². The molecule has 1 aromatic rings. The van der Waals surface area contributed by atoms with E-state index in [4.69, 9.17) is 16.9 Å². The number of nitrogens with one attached hydrogen (secondary N) is 1. The molecule has 1 N–H and O–H groups in total. The van der Waals surface area contributed by atoms with Crippen LogP contribution in [0.15, 0.2) is 23.1 Å². The maximum atomic E-state index is 12.6. The van der Waals surface area contributed by atoms with E-state index >= 15 is 0 Å². The summed E-state index contributed by atoms with van der Waals surface area (Å²) in [5.41, 5.74) is -1.22. The second-order valence-corrected chi connectivity index (χ2v) is 5.62. The molecule has 0 fully saturated rings.